The predicted octanol–water partition coefficient (Wildman–Crippen LogP) is 2.54. The first kappa shape index (κ1) is 17.7. The maximum Gasteiger partial charge on any atom is 0.401 e. The van der Waals surface area contributed by atoms with E-state index in [2.05, 4.69) is 5.32 Å². The molecule has 1 aliphatic rings. The van der Waals surface area contributed by atoms with E-state index in [-0.39, 0.29) is 18.7 Å². The van der Waals surface area contributed by atoms with Crippen molar-refractivity contribution in [2.45, 2.75) is 76.8 Å². The topological polar surface area (TPSA) is 35.5 Å². The highest BCUT2D eigenvalue weighted by Crippen LogP contribution is 2.27. The first-order valence-corrected chi connectivity index (χ1v) is 7.27. The molecule has 2 unspecified atom stereocenters. The third-order valence-corrected chi connectivity index (χ3v) is 3.82. The van der Waals surface area contributed by atoms with Crippen LogP contribution in [0.15, 0.2) is 0 Å². The fourth-order valence-electron chi connectivity index (χ4n) is 2.71. The summed E-state index contributed by atoms with van der Waals surface area (Å²) in [7, 11) is 0. The average molecular weight is 296 g/mol. The van der Waals surface area contributed by atoms with Crippen molar-refractivity contribution in [3.05, 3.63) is 0 Å². The van der Waals surface area contributed by atoms with E-state index >= 15 is 0 Å². The number of aliphatic hydroxyl groups is 1. The second kappa shape index (κ2) is 6.62. The number of nitrogens with zero attached hydrogens (tertiary/aromatic N) is 1. The lowest BCUT2D eigenvalue weighted by molar-refractivity contribution is -0.155. The van der Waals surface area contributed by atoms with Gasteiger partial charge >= 0.3 is 6.18 Å². The molecule has 1 saturated carbocycles. The first-order chi connectivity index (χ1) is 9.06. The number of nitrogens with one attached hydrogen (secondary N) is 1. The predicted molar refractivity (Wildman–Crippen MR) is 73.6 cm³/mol. The fourth-order valence-corrected chi connectivity index (χ4v) is 2.71. The van der Waals surface area contributed by atoms with Crippen LogP contribution < -0.4 is 5.32 Å². The summed E-state index contributed by atoms with van der Waals surface area (Å²) >= 11 is 0. The zero-order chi connectivity index (χ0) is 15.6. The molecule has 6 heteroatoms. The van der Waals surface area contributed by atoms with Crippen molar-refractivity contribution >= 4 is 0 Å². The molecular formula is C14H27F3N2O. The van der Waals surface area contributed by atoms with Crippen LogP contribution in [0.3, 0.4) is 0 Å². The van der Waals surface area contributed by atoms with Crippen LogP contribution in [0.2, 0.25) is 0 Å². The summed E-state index contributed by atoms with van der Waals surface area (Å²) < 4.78 is 38.0. The highest BCUT2D eigenvalue weighted by atomic mass is 19.4. The highest BCUT2D eigenvalue weighted by Gasteiger charge is 2.38. The zero-order valence-corrected chi connectivity index (χ0v) is 12.8. The van der Waals surface area contributed by atoms with E-state index in [9.17, 15) is 18.3 Å². The van der Waals surface area contributed by atoms with E-state index in [0.717, 1.165) is 12.8 Å². The van der Waals surface area contributed by atoms with Gasteiger partial charge in [0.1, 0.15) is 0 Å². The van der Waals surface area contributed by atoms with Gasteiger partial charge in [0.2, 0.25) is 0 Å². The van der Waals surface area contributed by atoms with Crippen molar-refractivity contribution in [2.75, 3.05) is 13.2 Å². The quantitative estimate of drug-likeness (QED) is 0.722. The van der Waals surface area contributed by atoms with Crippen LogP contribution in [-0.4, -0.2) is 53.0 Å². The van der Waals surface area contributed by atoms with Crippen molar-refractivity contribution in [1.82, 2.24) is 10.2 Å². The fraction of sp³-hybridized carbons (Fsp3) is 1.00. The number of rotatable bonds is 8. The Labute approximate surface area is 119 Å². The summed E-state index contributed by atoms with van der Waals surface area (Å²) in [6.07, 6.45) is -1.53. The maximum absolute atomic E-state index is 12.7. The Morgan fingerprint density at radius 3 is 2.15 bits per heavy atom. The molecule has 0 amide bonds. The maximum atomic E-state index is 12.7. The van der Waals surface area contributed by atoms with Crippen LogP contribution in [0.4, 0.5) is 13.2 Å². The first-order valence-electron chi connectivity index (χ1n) is 7.27. The molecular weight excluding hydrogens is 269 g/mol. The van der Waals surface area contributed by atoms with Gasteiger partial charge in [-0.25, -0.2) is 0 Å². The molecule has 20 heavy (non-hydrogen) atoms. The molecule has 2 N–H and O–H groups in total. The molecule has 0 heterocycles. The van der Waals surface area contributed by atoms with Gasteiger partial charge in [0.25, 0.3) is 0 Å². The molecule has 0 aromatic heterocycles. The molecule has 1 rings (SSSR count). The Bertz CT molecular complexity index is 305. The molecule has 0 bridgehead atoms. The molecule has 2 atom stereocenters. The number of aliphatic hydroxyl groups excluding tert-OH is 1. The van der Waals surface area contributed by atoms with Crippen molar-refractivity contribution in [1.29, 1.82) is 0 Å². The van der Waals surface area contributed by atoms with E-state index in [1.54, 1.807) is 20.8 Å². The summed E-state index contributed by atoms with van der Waals surface area (Å²) in [4.78, 5) is 1.45. The molecule has 0 spiro atoms. The smallest absolute Gasteiger partial charge is 0.394 e. The van der Waals surface area contributed by atoms with Gasteiger partial charge in [0, 0.05) is 23.7 Å². The normalized spacial score (nSPS) is 21.3. The molecule has 1 fully saturated rings. The Kier molecular flexibility index (Phi) is 5.87. The number of halogens is 3. The van der Waals surface area contributed by atoms with Crippen LogP contribution in [0.1, 0.15) is 47.0 Å². The zero-order valence-electron chi connectivity index (χ0n) is 12.8. The Balaban J connectivity index is 2.65. The highest BCUT2D eigenvalue weighted by molar-refractivity contribution is 4.95. The monoisotopic (exact) mass is 296 g/mol. The minimum Gasteiger partial charge on any atom is -0.394 e. The van der Waals surface area contributed by atoms with Crippen molar-refractivity contribution < 1.29 is 18.3 Å². The largest absolute Gasteiger partial charge is 0.401 e. The van der Waals surface area contributed by atoms with Gasteiger partial charge in [0.15, 0.2) is 0 Å². The Morgan fingerprint density at radius 1 is 1.25 bits per heavy atom. The number of hydrogen-bond donors (Lipinski definition) is 2. The Morgan fingerprint density at radius 2 is 1.80 bits per heavy atom. The lowest BCUT2D eigenvalue weighted by atomic mass is 9.93. The molecule has 0 aromatic carbocycles. The molecule has 0 aromatic rings. The standard InChI is InChI=1S/C14H27F3N2O/c1-10(2)19(8-14(15,16)17)11(3)7-13(4,9-20)18-12-5-6-12/h10-12,18,20H,5-9H2,1-4H3. The van der Waals surface area contributed by atoms with Gasteiger partial charge in [-0.1, -0.05) is 0 Å². The van der Waals surface area contributed by atoms with Crippen molar-refractivity contribution in [3.8, 4) is 0 Å². The van der Waals surface area contributed by atoms with Crippen LogP contribution >= 0.6 is 0 Å². The van der Waals surface area contributed by atoms with Gasteiger partial charge < -0.3 is 10.4 Å². The number of hydrogen-bond acceptors (Lipinski definition) is 3. The summed E-state index contributed by atoms with van der Waals surface area (Å²) in [5.74, 6) is 0. The van der Waals surface area contributed by atoms with E-state index in [1.807, 2.05) is 6.92 Å². The lowest BCUT2D eigenvalue weighted by Gasteiger charge is -2.39. The van der Waals surface area contributed by atoms with Crippen LogP contribution in [0, 0.1) is 0 Å². The average Bonchev–Trinajstić information content (AvgIpc) is 3.07. The summed E-state index contributed by atoms with van der Waals surface area (Å²) in [6.45, 7) is 6.25. The molecule has 0 aliphatic heterocycles. The molecule has 0 saturated heterocycles. The second-order valence-corrected chi connectivity index (χ2v) is 6.57. The molecule has 1 aliphatic carbocycles. The lowest BCUT2D eigenvalue weighted by Crippen LogP contribution is -2.53. The van der Waals surface area contributed by atoms with Crippen LogP contribution in [-0.2, 0) is 0 Å². The number of alkyl halides is 3. The van der Waals surface area contributed by atoms with E-state index < -0.39 is 18.3 Å². The van der Waals surface area contributed by atoms with Crippen LogP contribution in [0.25, 0.3) is 0 Å². The minimum atomic E-state index is -4.20. The summed E-state index contributed by atoms with van der Waals surface area (Å²) in [5, 5.41) is 12.9. The summed E-state index contributed by atoms with van der Waals surface area (Å²) in [5.41, 5.74) is -0.515. The molecule has 3 nitrogen and oxygen atoms in total. The van der Waals surface area contributed by atoms with Gasteiger partial charge in [-0.15, -0.1) is 0 Å². The second-order valence-electron chi connectivity index (χ2n) is 6.57. The van der Waals surface area contributed by atoms with Crippen LogP contribution in [0.5, 0.6) is 0 Å². The SMILES string of the molecule is CC(C)N(CC(F)(F)F)C(C)CC(C)(CO)NC1CC1. The van der Waals surface area contributed by atoms with Gasteiger partial charge in [-0.05, 0) is 47.0 Å². The minimum absolute atomic E-state index is 0.0637. The Hall–Kier alpha value is -0.330. The van der Waals surface area contributed by atoms with E-state index in [0.29, 0.717) is 12.5 Å². The third-order valence-electron chi connectivity index (χ3n) is 3.82. The van der Waals surface area contributed by atoms with Gasteiger partial charge in [-0.3, -0.25) is 4.90 Å². The molecule has 0 radical (unpaired) electrons. The van der Waals surface area contributed by atoms with Gasteiger partial charge in [-0.2, -0.15) is 13.2 Å². The van der Waals surface area contributed by atoms with Crippen molar-refractivity contribution in [2.24, 2.45) is 0 Å². The van der Waals surface area contributed by atoms with Crippen molar-refractivity contribution in [3.63, 3.8) is 0 Å². The summed E-state index contributed by atoms with van der Waals surface area (Å²) in [6, 6.07) is -0.0232. The van der Waals surface area contributed by atoms with E-state index in [1.165, 1.54) is 4.90 Å². The third kappa shape index (κ3) is 5.97. The van der Waals surface area contributed by atoms with E-state index in [4.69, 9.17) is 0 Å². The van der Waals surface area contributed by atoms with Gasteiger partial charge in [0.05, 0.1) is 13.2 Å². The molecule has 120 valence electrons.